The van der Waals surface area contributed by atoms with Crippen LogP contribution in [0.3, 0.4) is 0 Å². The van der Waals surface area contributed by atoms with Gasteiger partial charge in [-0.25, -0.2) is 9.78 Å². The molecule has 2 N–H and O–H groups in total. The van der Waals surface area contributed by atoms with Gasteiger partial charge in [-0.15, -0.1) is 0 Å². The zero-order valence-electron chi connectivity index (χ0n) is 11.7. The van der Waals surface area contributed by atoms with Crippen LogP contribution in [0.2, 0.25) is 0 Å². The zero-order chi connectivity index (χ0) is 18.2. The van der Waals surface area contributed by atoms with Crippen LogP contribution in [0.4, 0.5) is 36.3 Å². The Morgan fingerprint density at radius 1 is 1.12 bits per heavy atom. The Morgan fingerprint density at radius 2 is 1.71 bits per heavy atom. The lowest BCUT2D eigenvalue weighted by Gasteiger charge is -2.35. The number of hydrogen-bond acceptors (Lipinski definition) is 4. The number of para-hydroxylation sites is 1. The number of aromatic nitrogens is 1. The minimum absolute atomic E-state index is 0.164. The van der Waals surface area contributed by atoms with E-state index in [0.717, 1.165) is 16.7 Å². The third kappa shape index (κ3) is 3.24. The van der Waals surface area contributed by atoms with E-state index in [4.69, 9.17) is 0 Å². The highest BCUT2D eigenvalue weighted by molar-refractivity contribution is 7.22. The van der Waals surface area contributed by atoms with Gasteiger partial charge >= 0.3 is 24.1 Å². The van der Waals surface area contributed by atoms with Crippen molar-refractivity contribution in [3.8, 4) is 0 Å². The number of methoxy groups -OCH3 is 1. The molecular weight excluding hydrogens is 364 g/mol. The number of thiazole rings is 1. The number of alkyl halides is 6. The molecule has 5 nitrogen and oxygen atoms in total. The Morgan fingerprint density at radius 3 is 2.21 bits per heavy atom. The molecule has 0 unspecified atom stereocenters. The van der Waals surface area contributed by atoms with Crippen molar-refractivity contribution < 1.29 is 35.9 Å². The molecule has 24 heavy (non-hydrogen) atoms. The van der Waals surface area contributed by atoms with E-state index in [9.17, 15) is 31.1 Å². The molecule has 0 bridgehead atoms. The molecule has 1 heterocycles. The van der Waals surface area contributed by atoms with Gasteiger partial charge in [0, 0.05) is 7.11 Å². The maximum absolute atomic E-state index is 12.8. The summed E-state index contributed by atoms with van der Waals surface area (Å²) in [7, 11) is 0.193. The Labute approximate surface area is 134 Å². The number of nitrogens with zero attached hydrogens (tertiary/aromatic N) is 1. The van der Waals surface area contributed by atoms with Gasteiger partial charge in [-0.2, -0.15) is 26.3 Å². The van der Waals surface area contributed by atoms with Gasteiger partial charge in [-0.1, -0.05) is 23.5 Å². The largest absolute Gasteiger partial charge is 0.446 e. The predicted octanol–water partition coefficient (Wildman–Crippen LogP) is 3.89. The highest BCUT2D eigenvalue weighted by atomic mass is 32.1. The summed E-state index contributed by atoms with van der Waals surface area (Å²) in [5, 5.41) is 2.48. The van der Waals surface area contributed by atoms with Gasteiger partial charge in [0.25, 0.3) is 0 Å². The van der Waals surface area contributed by atoms with Crippen molar-refractivity contribution in [2.24, 2.45) is 0 Å². The number of carbonyl (C=O) groups is 1. The summed E-state index contributed by atoms with van der Waals surface area (Å²) in [6.07, 6.45) is -11.9. The van der Waals surface area contributed by atoms with Crippen LogP contribution in [-0.2, 0) is 4.74 Å². The normalized spacial score (nSPS) is 13.1. The van der Waals surface area contributed by atoms with Gasteiger partial charge in [0.2, 0.25) is 0 Å². The van der Waals surface area contributed by atoms with E-state index >= 15 is 0 Å². The fourth-order valence-corrected chi connectivity index (χ4v) is 2.66. The van der Waals surface area contributed by atoms with Crippen LogP contribution in [0, 0.1) is 0 Å². The van der Waals surface area contributed by atoms with Crippen molar-refractivity contribution in [3.63, 3.8) is 0 Å². The van der Waals surface area contributed by atoms with Gasteiger partial charge in [-0.3, -0.25) is 10.6 Å². The molecule has 0 aliphatic heterocycles. The lowest BCUT2D eigenvalue weighted by atomic mass is 10.2. The van der Waals surface area contributed by atoms with Crippen LogP contribution in [0.25, 0.3) is 10.2 Å². The average Bonchev–Trinajstić information content (AvgIpc) is 2.83. The molecule has 0 fully saturated rings. The van der Waals surface area contributed by atoms with Gasteiger partial charge in [-0.05, 0) is 12.1 Å². The molecule has 0 spiro atoms. The number of amides is 2. The molecule has 12 heteroatoms. The van der Waals surface area contributed by atoms with Gasteiger partial charge in [0.05, 0.1) is 10.2 Å². The molecule has 1 aromatic heterocycles. The third-order valence-electron chi connectivity index (χ3n) is 2.91. The van der Waals surface area contributed by atoms with Crippen molar-refractivity contribution in [1.29, 1.82) is 0 Å². The Hall–Kier alpha value is -2.08. The number of carbonyl (C=O) groups excluding carboxylic acids is 1. The van der Waals surface area contributed by atoms with Gasteiger partial charge in [0.15, 0.2) is 5.13 Å². The summed E-state index contributed by atoms with van der Waals surface area (Å²) in [4.78, 5) is 15.5. The molecule has 2 amide bonds. The predicted molar refractivity (Wildman–Crippen MR) is 73.6 cm³/mol. The van der Waals surface area contributed by atoms with Crippen molar-refractivity contribution in [1.82, 2.24) is 10.3 Å². The van der Waals surface area contributed by atoms with Crippen LogP contribution in [-0.4, -0.2) is 36.2 Å². The minimum atomic E-state index is -5.93. The van der Waals surface area contributed by atoms with E-state index in [-0.39, 0.29) is 12.2 Å². The summed E-state index contributed by atoms with van der Waals surface area (Å²) in [6, 6.07) is 4.73. The molecule has 0 atom stereocenters. The van der Waals surface area contributed by atoms with Gasteiger partial charge < -0.3 is 4.74 Å². The summed E-state index contributed by atoms with van der Waals surface area (Å²) in [6.45, 7) is 0. The monoisotopic (exact) mass is 373 g/mol. The smallest absolute Gasteiger partial charge is 0.344 e. The molecule has 0 radical (unpaired) electrons. The molecule has 0 saturated carbocycles. The minimum Gasteiger partial charge on any atom is -0.344 e. The number of urea groups is 1. The van der Waals surface area contributed by atoms with Crippen LogP contribution in [0.1, 0.15) is 0 Å². The first-order valence-corrected chi connectivity index (χ1v) is 6.95. The van der Waals surface area contributed by atoms with Crippen LogP contribution >= 0.6 is 11.3 Å². The fourth-order valence-electron chi connectivity index (χ4n) is 1.80. The molecule has 1 aromatic carbocycles. The summed E-state index contributed by atoms with van der Waals surface area (Å²) >= 11 is 0.888. The van der Waals surface area contributed by atoms with Crippen LogP contribution in [0.5, 0.6) is 0 Å². The highest BCUT2D eigenvalue weighted by Crippen LogP contribution is 2.43. The van der Waals surface area contributed by atoms with Gasteiger partial charge in [0.1, 0.15) is 0 Å². The quantitative estimate of drug-likeness (QED) is 0.634. The number of ether oxygens (including phenoxy) is 1. The molecule has 0 aliphatic rings. The number of benzene rings is 1. The standard InChI is InChI=1S/C12H9F6N3O2S/c1-23-10(11(13,14)15,12(16,17)18)21-8(22)20-9-19-6-4-2-3-5-7(6)24-9/h2-5H,1H3,(H2,19,20,21,22). The van der Waals surface area contributed by atoms with E-state index in [0.29, 0.717) is 10.2 Å². The summed E-state index contributed by atoms with van der Waals surface area (Å²) in [5.74, 6) is 0. The number of nitrogens with one attached hydrogen (secondary N) is 2. The molecule has 132 valence electrons. The lowest BCUT2D eigenvalue weighted by Crippen LogP contribution is -2.69. The molecule has 2 aromatic rings. The first kappa shape index (κ1) is 18.3. The van der Waals surface area contributed by atoms with E-state index in [1.165, 1.54) is 0 Å². The zero-order valence-corrected chi connectivity index (χ0v) is 12.6. The average molecular weight is 373 g/mol. The molecular formula is C12H9F6N3O2S. The fraction of sp³-hybridized carbons (Fsp3) is 0.333. The van der Waals surface area contributed by atoms with Crippen molar-refractivity contribution in [2.45, 2.75) is 18.1 Å². The summed E-state index contributed by atoms with van der Waals surface area (Å²) < 4.78 is 81.2. The second-order valence-electron chi connectivity index (χ2n) is 4.45. The number of halogens is 6. The maximum Gasteiger partial charge on any atom is 0.446 e. The Bertz CT molecular complexity index is 695. The van der Waals surface area contributed by atoms with E-state index in [1.807, 2.05) is 5.32 Å². The first-order valence-electron chi connectivity index (χ1n) is 6.13. The van der Waals surface area contributed by atoms with E-state index in [2.05, 4.69) is 9.72 Å². The van der Waals surface area contributed by atoms with Crippen LogP contribution in [0.15, 0.2) is 24.3 Å². The highest BCUT2D eigenvalue weighted by Gasteiger charge is 2.73. The molecule has 0 saturated heterocycles. The second kappa shape index (κ2) is 6.09. The molecule has 0 aliphatic carbocycles. The van der Waals surface area contributed by atoms with E-state index in [1.54, 1.807) is 24.3 Å². The molecule has 2 rings (SSSR count). The third-order valence-corrected chi connectivity index (χ3v) is 3.86. The van der Waals surface area contributed by atoms with Crippen LogP contribution < -0.4 is 10.6 Å². The van der Waals surface area contributed by atoms with Crippen molar-refractivity contribution in [3.05, 3.63) is 24.3 Å². The van der Waals surface area contributed by atoms with Crippen molar-refractivity contribution >= 4 is 32.7 Å². The first-order chi connectivity index (χ1) is 11.0. The number of anilines is 1. The second-order valence-corrected chi connectivity index (χ2v) is 5.48. The Kier molecular flexibility index (Phi) is 4.63. The SMILES string of the molecule is COC(NC(=O)Nc1nc2ccccc2s1)(C(F)(F)F)C(F)(F)F. The maximum atomic E-state index is 12.8. The topological polar surface area (TPSA) is 63.2 Å². The number of hydrogen-bond donors (Lipinski definition) is 2. The van der Waals surface area contributed by atoms with E-state index < -0.39 is 24.1 Å². The number of fused-ring (bicyclic) bond motifs is 1. The number of rotatable bonds is 3. The van der Waals surface area contributed by atoms with Crippen molar-refractivity contribution in [2.75, 3.05) is 12.4 Å². The Balaban J connectivity index is 2.24. The summed E-state index contributed by atoms with van der Waals surface area (Å²) in [5.41, 5.74) is -4.40. The lowest BCUT2D eigenvalue weighted by molar-refractivity contribution is -0.381.